The Labute approximate surface area is 272 Å². The van der Waals surface area contributed by atoms with E-state index in [1.165, 1.54) is 30.9 Å². The van der Waals surface area contributed by atoms with Gasteiger partial charge in [0.25, 0.3) is 0 Å². The number of nitrogens with zero attached hydrogens (tertiary/aromatic N) is 5. The van der Waals surface area contributed by atoms with Crippen LogP contribution in [0, 0.1) is 0 Å². The van der Waals surface area contributed by atoms with Gasteiger partial charge in [-0.05, 0) is 42.0 Å². The van der Waals surface area contributed by atoms with E-state index in [0.717, 1.165) is 60.7 Å². The molecule has 218 valence electrons. The van der Waals surface area contributed by atoms with Crippen molar-refractivity contribution in [3.8, 4) is 33.8 Å². The van der Waals surface area contributed by atoms with Gasteiger partial charge in [-0.15, -0.1) is 11.3 Å². The molecule has 0 amide bonds. The molecule has 0 radical (unpaired) electrons. The molecule has 0 N–H and O–H groups in total. The van der Waals surface area contributed by atoms with Crippen LogP contribution in [0.3, 0.4) is 0 Å². The second-order valence-electron chi connectivity index (χ2n) is 11.7. The zero-order valence-electron chi connectivity index (χ0n) is 24.9. The summed E-state index contributed by atoms with van der Waals surface area (Å²) < 4.78 is 2.59. The quantitative estimate of drug-likeness (QED) is 0.185. The van der Waals surface area contributed by atoms with Crippen molar-refractivity contribution in [1.29, 1.82) is 0 Å². The van der Waals surface area contributed by atoms with E-state index in [-0.39, 0.29) is 0 Å². The molecule has 0 aliphatic heterocycles. The molecule has 5 heterocycles. The topological polar surface area (TPSA) is 64.5 Å². The van der Waals surface area contributed by atoms with Crippen LogP contribution in [0.15, 0.2) is 140 Å². The minimum atomic E-state index is 0.664. The van der Waals surface area contributed by atoms with Crippen molar-refractivity contribution in [2.24, 2.45) is 0 Å². The van der Waals surface area contributed by atoms with Gasteiger partial charge in [-0.2, -0.15) is 0 Å². The molecule has 0 aliphatic rings. The third-order valence-electron chi connectivity index (χ3n) is 9.03. The average molecular weight is 618 g/mol. The minimum absolute atomic E-state index is 0.664. The van der Waals surface area contributed by atoms with Gasteiger partial charge in [0.05, 0.1) is 22.2 Å². The molecule has 0 atom stereocenters. The summed E-state index contributed by atoms with van der Waals surface area (Å²) in [5, 5.41) is 8.21. The minimum Gasteiger partial charge on any atom is -0.254 e. The van der Waals surface area contributed by atoms with Gasteiger partial charge in [-0.1, -0.05) is 78.9 Å². The summed E-state index contributed by atoms with van der Waals surface area (Å²) in [6.07, 6.45) is 7.43. The molecule has 0 spiro atoms. The molecule has 47 heavy (non-hydrogen) atoms. The Morgan fingerprint density at radius 2 is 1.23 bits per heavy atom. The van der Waals surface area contributed by atoms with Gasteiger partial charge in [0.1, 0.15) is 0 Å². The number of hydrogen-bond acceptors (Lipinski definition) is 6. The summed E-state index contributed by atoms with van der Waals surface area (Å²) >= 11 is 1.86. The number of thiophene rings is 1. The first-order valence-corrected chi connectivity index (χ1v) is 16.3. The van der Waals surface area contributed by atoms with Crippen LogP contribution in [0.25, 0.3) is 97.4 Å². The maximum atomic E-state index is 5.23. The largest absolute Gasteiger partial charge is 0.254 e. The highest BCUT2D eigenvalue weighted by Crippen LogP contribution is 2.43. The summed E-state index contributed by atoms with van der Waals surface area (Å²) in [4.78, 5) is 24.2. The maximum absolute atomic E-state index is 5.23. The number of para-hydroxylation sites is 1. The Bertz CT molecular complexity index is 2860. The summed E-state index contributed by atoms with van der Waals surface area (Å²) in [5.41, 5.74) is 7.65. The van der Waals surface area contributed by atoms with E-state index < -0.39 is 0 Å². The van der Waals surface area contributed by atoms with Gasteiger partial charge >= 0.3 is 0 Å². The predicted molar refractivity (Wildman–Crippen MR) is 195 cm³/mol. The van der Waals surface area contributed by atoms with Crippen molar-refractivity contribution in [3.63, 3.8) is 0 Å². The Hall–Kier alpha value is -6.11. The van der Waals surface area contributed by atoms with Gasteiger partial charge < -0.3 is 0 Å². The molecule has 10 aromatic rings. The van der Waals surface area contributed by atoms with Crippen molar-refractivity contribution in [2.45, 2.75) is 0 Å². The molecule has 5 aromatic heterocycles. The van der Waals surface area contributed by atoms with Gasteiger partial charge in [0, 0.05) is 88.6 Å². The summed E-state index contributed by atoms with van der Waals surface area (Å²) in [7, 11) is 0. The van der Waals surface area contributed by atoms with Crippen molar-refractivity contribution in [3.05, 3.63) is 140 Å². The van der Waals surface area contributed by atoms with Crippen LogP contribution in [0.4, 0.5) is 0 Å². The van der Waals surface area contributed by atoms with Crippen LogP contribution in [-0.2, 0) is 0 Å². The predicted octanol–water partition coefficient (Wildman–Crippen LogP) is 10.6. The SMILES string of the molecule is c1cc(-c2ncc(-c3cc4cccnc4c4ncccc34)cn2)cc(-c2nc3ccccc3c3c2ccc2c4ccccc4sc23)c1. The summed E-state index contributed by atoms with van der Waals surface area (Å²) in [6, 6.07) is 40.2. The Kier molecular flexibility index (Phi) is 5.68. The standard InChI is InChI=1S/C41H23N5S/c1-3-14-34-31(12-1)36-32(17-16-30-28-11-2-4-15-35(28)47-40(30)36)37(46-34)24-8-5-9-26(20-24)41-44-22-27(23-45-41)33-21-25-10-6-18-42-38(25)39-29(33)13-7-19-43-39/h1-23H. The van der Waals surface area contributed by atoms with Crippen LogP contribution in [-0.4, -0.2) is 24.9 Å². The highest BCUT2D eigenvalue weighted by molar-refractivity contribution is 7.26. The molecule has 0 aliphatic carbocycles. The first-order chi connectivity index (χ1) is 23.3. The lowest BCUT2D eigenvalue weighted by atomic mass is 9.97. The summed E-state index contributed by atoms with van der Waals surface area (Å²) in [5.74, 6) is 0.664. The van der Waals surface area contributed by atoms with E-state index in [1.807, 2.05) is 48.3 Å². The molecular weight excluding hydrogens is 595 g/mol. The number of rotatable bonds is 3. The molecule has 0 fully saturated rings. The molecule has 0 saturated carbocycles. The van der Waals surface area contributed by atoms with Crippen LogP contribution < -0.4 is 0 Å². The second kappa shape index (κ2) is 10.2. The van der Waals surface area contributed by atoms with Gasteiger partial charge in [-0.25, -0.2) is 15.0 Å². The molecule has 6 heteroatoms. The van der Waals surface area contributed by atoms with Crippen LogP contribution in [0.2, 0.25) is 0 Å². The van der Waals surface area contributed by atoms with Crippen molar-refractivity contribution >= 4 is 75.0 Å². The smallest absolute Gasteiger partial charge is 0.159 e. The number of aromatic nitrogens is 5. The number of hydrogen-bond donors (Lipinski definition) is 0. The fourth-order valence-electron chi connectivity index (χ4n) is 6.87. The van der Waals surface area contributed by atoms with Gasteiger partial charge in [0.15, 0.2) is 5.82 Å². The highest BCUT2D eigenvalue weighted by Gasteiger charge is 2.17. The molecule has 0 bridgehead atoms. The molecule has 0 unspecified atom stereocenters. The van der Waals surface area contributed by atoms with Crippen molar-refractivity contribution < 1.29 is 0 Å². The second-order valence-corrected chi connectivity index (χ2v) is 12.8. The molecule has 5 nitrogen and oxygen atoms in total. The van der Waals surface area contributed by atoms with Gasteiger partial charge in [-0.3, -0.25) is 9.97 Å². The normalized spacial score (nSPS) is 11.8. The van der Waals surface area contributed by atoms with Gasteiger partial charge in [0.2, 0.25) is 0 Å². The van der Waals surface area contributed by atoms with Crippen molar-refractivity contribution in [2.75, 3.05) is 0 Å². The van der Waals surface area contributed by atoms with E-state index in [9.17, 15) is 0 Å². The zero-order valence-corrected chi connectivity index (χ0v) is 25.7. The average Bonchev–Trinajstić information content (AvgIpc) is 3.53. The van der Waals surface area contributed by atoms with E-state index >= 15 is 0 Å². The van der Waals surface area contributed by atoms with Crippen LogP contribution in [0.1, 0.15) is 0 Å². The third-order valence-corrected chi connectivity index (χ3v) is 10.2. The van der Waals surface area contributed by atoms with E-state index in [1.54, 1.807) is 0 Å². The zero-order chi connectivity index (χ0) is 30.9. The monoisotopic (exact) mass is 617 g/mol. The lowest BCUT2D eigenvalue weighted by molar-refractivity contribution is 1.18. The lowest BCUT2D eigenvalue weighted by Gasteiger charge is -2.12. The molecule has 10 rings (SSSR count). The summed E-state index contributed by atoms with van der Waals surface area (Å²) in [6.45, 7) is 0. The first-order valence-electron chi connectivity index (χ1n) is 15.5. The molecule has 5 aromatic carbocycles. The number of fused-ring (bicyclic) bond motifs is 10. The van der Waals surface area contributed by atoms with Crippen molar-refractivity contribution in [1.82, 2.24) is 24.9 Å². The first kappa shape index (κ1) is 26.1. The van der Waals surface area contributed by atoms with Crippen LogP contribution >= 0.6 is 11.3 Å². The maximum Gasteiger partial charge on any atom is 0.159 e. The number of pyridine rings is 3. The fourth-order valence-corrected chi connectivity index (χ4v) is 8.14. The Morgan fingerprint density at radius 3 is 2.15 bits per heavy atom. The lowest BCUT2D eigenvalue weighted by Crippen LogP contribution is -1.94. The van der Waals surface area contributed by atoms with Crippen LogP contribution in [0.5, 0.6) is 0 Å². The number of benzene rings is 5. The Balaban J connectivity index is 1.12. The molecular formula is C41H23N5S. The molecule has 0 saturated heterocycles. The highest BCUT2D eigenvalue weighted by atomic mass is 32.1. The van der Waals surface area contributed by atoms with E-state index in [0.29, 0.717) is 5.82 Å². The third kappa shape index (κ3) is 4.05. The fraction of sp³-hybridized carbons (Fsp3) is 0. The van der Waals surface area contributed by atoms with E-state index in [2.05, 4.69) is 113 Å². The Morgan fingerprint density at radius 1 is 0.489 bits per heavy atom. The van der Waals surface area contributed by atoms with E-state index in [4.69, 9.17) is 15.0 Å².